The van der Waals surface area contributed by atoms with E-state index >= 15 is 0 Å². The molecule has 2 rings (SSSR count). The van der Waals surface area contributed by atoms with Crippen molar-refractivity contribution >= 4 is 0 Å². The molecule has 0 radical (unpaired) electrons. The zero-order chi connectivity index (χ0) is 14.0. The van der Waals surface area contributed by atoms with Crippen LogP contribution in [0.4, 0.5) is 0 Å². The van der Waals surface area contributed by atoms with Crippen LogP contribution in [0.3, 0.4) is 0 Å². The number of benzene rings is 1. The monoisotopic (exact) mass is 273 g/mol. The second-order valence-electron chi connectivity index (χ2n) is 6.42. The Kier molecular flexibility index (Phi) is 7.14. The normalized spacial score (nSPS) is 18.1. The molecule has 1 heteroatoms. The summed E-state index contributed by atoms with van der Waals surface area (Å²) in [7, 11) is 0. The van der Waals surface area contributed by atoms with E-state index in [1.54, 1.807) is 0 Å². The van der Waals surface area contributed by atoms with Gasteiger partial charge < -0.3 is 5.32 Å². The fourth-order valence-electron chi connectivity index (χ4n) is 3.46. The highest BCUT2D eigenvalue weighted by atomic mass is 14.9. The zero-order valence-corrected chi connectivity index (χ0v) is 13.1. The third-order valence-electron chi connectivity index (χ3n) is 4.65. The second kappa shape index (κ2) is 9.18. The predicted octanol–water partition coefficient (Wildman–Crippen LogP) is 4.96. The Morgan fingerprint density at radius 2 is 1.85 bits per heavy atom. The van der Waals surface area contributed by atoms with Crippen molar-refractivity contribution in [3.8, 4) is 0 Å². The maximum Gasteiger partial charge on any atom is 0.00728 e. The first kappa shape index (κ1) is 15.6. The lowest BCUT2D eigenvalue weighted by Crippen LogP contribution is -2.32. The van der Waals surface area contributed by atoms with Crippen molar-refractivity contribution in [3.05, 3.63) is 35.9 Å². The number of rotatable bonds is 8. The van der Waals surface area contributed by atoms with E-state index in [4.69, 9.17) is 0 Å². The maximum absolute atomic E-state index is 3.79. The van der Waals surface area contributed by atoms with E-state index in [1.165, 1.54) is 69.9 Å². The molecule has 20 heavy (non-hydrogen) atoms. The van der Waals surface area contributed by atoms with Gasteiger partial charge in [-0.1, -0.05) is 69.4 Å². The summed E-state index contributed by atoms with van der Waals surface area (Å²) in [5, 5.41) is 3.79. The third kappa shape index (κ3) is 5.66. The molecule has 1 saturated carbocycles. The van der Waals surface area contributed by atoms with Crippen LogP contribution in [0, 0.1) is 5.92 Å². The summed E-state index contributed by atoms with van der Waals surface area (Å²) in [4.78, 5) is 0. The summed E-state index contributed by atoms with van der Waals surface area (Å²) in [5.41, 5.74) is 1.49. The van der Waals surface area contributed by atoms with Crippen molar-refractivity contribution in [3.63, 3.8) is 0 Å². The van der Waals surface area contributed by atoms with Gasteiger partial charge in [-0.05, 0) is 43.7 Å². The van der Waals surface area contributed by atoms with Gasteiger partial charge in [0.2, 0.25) is 0 Å². The molecule has 0 aliphatic heterocycles. The van der Waals surface area contributed by atoms with E-state index < -0.39 is 0 Å². The van der Waals surface area contributed by atoms with E-state index in [1.807, 2.05) is 0 Å². The molecule has 112 valence electrons. The standard InChI is InChI=1S/C19H31N/c1-2-15-20-19(16-18-11-7-4-8-12-18)14-13-17-9-5-3-6-10-17/h3,5-6,9-10,18-20H,2,4,7-8,11-16H2,1H3. The fourth-order valence-corrected chi connectivity index (χ4v) is 3.46. The molecule has 1 aliphatic rings. The summed E-state index contributed by atoms with van der Waals surface area (Å²) in [5.74, 6) is 0.980. The first-order chi connectivity index (χ1) is 9.88. The number of aryl methyl sites for hydroxylation is 1. The van der Waals surface area contributed by atoms with Crippen molar-refractivity contribution in [1.29, 1.82) is 0 Å². The number of hydrogen-bond acceptors (Lipinski definition) is 1. The quantitative estimate of drug-likeness (QED) is 0.706. The summed E-state index contributed by atoms with van der Waals surface area (Å²) in [6, 6.07) is 11.7. The molecule has 1 aliphatic carbocycles. The number of hydrogen-bond donors (Lipinski definition) is 1. The van der Waals surface area contributed by atoms with Gasteiger partial charge in [0.25, 0.3) is 0 Å². The molecular weight excluding hydrogens is 242 g/mol. The Labute approximate surface area is 125 Å². The number of nitrogens with one attached hydrogen (secondary N) is 1. The van der Waals surface area contributed by atoms with Gasteiger partial charge in [0.1, 0.15) is 0 Å². The summed E-state index contributed by atoms with van der Waals surface area (Å²) in [6.45, 7) is 3.44. The molecule has 1 aromatic carbocycles. The molecule has 0 heterocycles. The van der Waals surface area contributed by atoms with E-state index in [0.717, 1.165) is 12.0 Å². The lowest BCUT2D eigenvalue weighted by Gasteiger charge is -2.27. The van der Waals surface area contributed by atoms with E-state index in [2.05, 4.69) is 42.6 Å². The third-order valence-corrected chi connectivity index (χ3v) is 4.65. The Morgan fingerprint density at radius 3 is 2.55 bits per heavy atom. The smallest absolute Gasteiger partial charge is 0.00728 e. The summed E-state index contributed by atoms with van der Waals surface area (Å²) < 4.78 is 0. The fraction of sp³-hybridized carbons (Fsp3) is 0.684. The molecule has 1 fully saturated rings. The van der Waals surface area contributed by atoms with Crippen LogP contribution in [0.25, 0.3) is 0 Å². The van der Waals surface area contributed by atoms with Crippen molar-refractivity contribution in [1.82, 2.24) is 5.32 Å². The minimum atomic E-state index is 0.721. The largest absolute Gasteiger partial charge is 0.314 e. The predicted molar refractivity (Wildman–Crippen MR) is 88.0 cm³/mol. The summed E-state index contributed by atoms with van der Waals surface area (Å²) >= 11 is 0. The second-order valence-corrected chi connectivity index (χ2v) is 6.42. The van der Waals surface area contributed by atoms with E-state index in [-0.39, 0.29) is 0 Å². The van der Waals surface area contributed by atoms with Crippen LogP contribution in [0.5, 0.6) is 0 Å². The Hall–Kier alpha value is -0.820. The van der Waals surface area contributed by atoms with Crippen LogP contribution >= 0.6 is 0 Å². The van der Waals surface area contributed by atoms with E-state index in [9.17, 15) is 0 Å². The lowest BCUT2D eigenvalue weighted by atomic mass is 9.83. The van der Waals surface area contributed by atoms with Gasteiger partial charge in [-0.25, -0.2) is 0 Å². The first-order valence-corrected chi connectivity index (χ1v) is 8.65. The lowest BCUT2D eigenvalue weighted by molar-refractivity contribution is 0.291. The van der Waals surface area contributed by atoms with Crippen LogP contribution in [0.1, 0.15) is 63.9 Å². The van der Waals surface area contributed by atoms with Crippen molar-refractivity contribution < 1.29 is 0 Å². The molecular formula is C19H31N. The van der Waals surface area contributed by atoms with Gasteiger partial charge in [0.15, 0.2) is 0 Å². The minimum absolute atomic E-state index is 0.721. The van der Waals surface area contributed by atoms with Gasteiger partial charge in [0, 0.05) is 6.04 Å². The van der Waals surface area contributed by atoms with Gasteiger partial charge in [-0.3, -0.25) is 0 Å². The van der Waals surface area contributed by atoms with Crippen LogP contribution in [-0.2, 0) is 6.42 Å². The molecule has 0 spiro atoms. The van der Waals surface area contributed by atoms with Crippen LogP contribution in [0.2, 0.25) is 0 Å². The maximum atomic E-state index is 3.79. The highest BCUT2D eigenvalue weighted by molar-refractivity contribution is 5.14. The SMILES string of the molecule is CCCNC(CCc1ccccc1)CC1CCCCC1. The van der Waals surface area contributed by atoms with Crippen molar-refractivity contribution in [2.75, 3.05) is 6.54 Å². The average molecular weight is 273 g/mol. The van der Waals surface area contributed by atoms with Crippen LogP contribution < -0.4 is 5.32 Å². The van der Waals surface area contributed by atoms with Crippen molar-refractivity contribution in [2.45, 2.75) is 70.8 Å². The van der Waals surface area contributed by atoms with Gasteiger partial charge >= 0.3 is 0 Å². The molecule has 0 amide bonds. The molecule has 0 aromatic heterocycles. The van der Waals surface area contributed by atoms with E-state index in [0.29, 0.717) is 0 Å². The zero-order valence-electron chi connectivity index (χ0n) is 13.1. The molecule has 1 nitrogen and oxygen atoms in total. The minimum Gasteiger partial charge on any atom is -0.314 e. The average Bonchev–Trinajstić information content (AvgIpc) is 2.52. The molecule has 0 saturated heterocycles. The van der Waals surface area contributed by atoms with Gasteiger partial charge in [-0.2, -0.15) is 0 Å². The topological polar surface area (TPSA) is 12.0 Å². The van der Waals surface area contributed by atoms with Crippen molar-refractivity contribution in [2.24, 2.45) is 5.92 Å². The van der Waals surface area contributed by atoms with Crippen LogP contribution in [-0.4, -0.2) is 12.6 Å². The Morgan fingerprint density at radius 1 is 1.10 bits per heavy atom. The molecule has 1 atom stereocenters. The van der Waals surface area contributed by atoms with Gasteiger partial charge in [-0.15, -0.1) is 0 Å². The molecule has 1 aromatic rings. The first-order valence-electron chi connectivity index (χ1n) is 8.65. The van der Waals surface area contributed by atoms with Crippen LogP contribution in [0.15, 0.2) is 30.3 Å². The molecule has 1 unspecified atom stereocenters. The highest BCUT2D eigenvalue weighted by Gasteiger charge is 2.18. The molecule has 0 bridgehead atoms. The molecule has 1 N–H and O–H groups in total. The van der Waals surface area contributed by atoms with Gasteiger partial charge in [0.05, 0.1) is 0 Å². The Bertz CT molecular complexity index is 340. The highest BCUT2D eigenvalue weighted by Crippen LogP contribution is 2.28. The Balaban J connectivity index is 1.79. The summed E-state index contributed by atoms with van der Waals surface area (Å²) in [6.07, 6.45) is 12.5.